The number of anilines is 1. The monoisotopic (exact) mass is 360 g/mol. The zero-order chi connectivity index (χ0) is 18.0. The minimum atomic E-state index is -3.91. The van der Waals surface area contributed by atoms with Gasteiger partial charge in [0, 0.05) is 11.1 Å². The molecule has 2 aromatic rings. The summed E-state index contributed by atoms with van der Waals surface area (Å²) in [5, 5.41) is 9.99. The van der Waals surface area contributed by atoms with Crippen LogP contribution in [0.15, 0.2) is 42.5 Å². The van der Waals surface area contributed by atoms with E-state index in [9.17, 15) is 22.7 Å². The summed E-state index contributed by atoms with van der Waals surface area (Å²) in [5.74, 6) is 5.04. The van der Waals surface area contributed by atoms with Crippen LogP contribution in [0.25, 0.3) is 0 Å². The van der Waals surface area contributed by atoms with Gasteiger partial charge in [0.05, 0.1) is 18.3 Å². The van der Waals surface area contributed by atoms with E-state index in [0.717, 1.165) is 4.31 Å². The third kappa shape index (κ3) is 3.63. The number of hydrogen-bond acceptors (Lipinski definition) is 4. The van der Waals surface area contributed by atoms with E-state index in [4.69, 9.17) is 0 Å². The number of carbonyl (C=O) groups is 1. The summed E-state index contributed by atoms with van der Waals surface area (Å²) < 4.78 is 40.2. The number of nitrogens with zero attached hydrogens (tertiary/aromatic N) is 1. The summed E-state index contributed by atoms with van der Waals surface area (Å²) in [5.41, 5.74) is 1.08. The average Bonchev–Trinajstić information content (AvgIpc) is 2.90. The molecule has 0 bridgehead atoms. The molecule has 2 N–H and O–H groups in total. The second kappa shape index (κ2) is 6.55. The SMILES string of the molecule is O=CC1CN(c2cc(C#Cc3ccc(F)cc3)ccc2O)S(=O)(=O)N1. The van der Waals surface area contributed by atoms with Gasteiger partial charge in [-0.1, -0.05) is 11.8 Å². The molecule has 0 amide bonds. The van der Waals surface area contributed by atoms with E-state index in [2.05, 4.69) is 16.6 Å². The van der Waals surface area contributed by atoms with Crippen molar-refractivity contribution < 1.29 is 22.7 Å². The predicted octanol–water partition coefficient (Wildman–Crippen LogP) is 1.15. The number of aromatic hydroxyl groups is 1. The first-order valence-electron chi connectivity index (χ1n) is 7.25. The third-order valence-electron chi connectivity index (χ3n) is 3.56. The summed E-state index contributed by atoms with van der Waals surface area (Å²) in [6, 6.07) is 9.01. The minimum absolute atomic E-state index is 0.0303. The molecule has 0 aromatic heterocycles. The van der Waals surface area contributed by atoms with Gasteiger partial charge in [0.1, 0.15) is 17.9 Å². The molecule has 1 heterocycles. The molecule has 0 aliphatic carbocycles. The van der Waals surface area contributed by atoms with Crippen molar-refractivity contribution in [2.75, 3.05) is 10.8 Å². The molecule has 8 heteroatoms. The van der Waals surface area contributed by atoms with Crippen molar-refractivity contribution >= 4 is 22.2 Å². The maximum absolute atomic E-state index is 12.9. The Morgan fingerprint density at radius 3 is 2.44 bits per heavy atom. The first kappa shape index (κ1) is 17.0. The fourth-order valence-corrected chi connectivity index (χ4v) is 3.75. The van der Waals surface area contributed by atoms with Crippen molar-refractivity contribution in [2.24, 2.45) is 0 Å². The van der Waals surface area contributed by atoms with E-state index in [0.29, 0.717) is 17.4 Å². The van der Waals surface area contributed by atoms with Crippen LogP contribution in [0.2, 0.25) is 0 Å². The number of phenolic OH excluding ortho intramolecular Hbond substituents is 1. The normalized spacial score (nSPS) is 18.4. The van der Waals surface area contributed by atoms with Gasteiger partial charge in [-0.05, 0) is 42.5 Å². The fourth-order valence-electron chi connectivity index (χ4n) is 2.35. The smallest absolute Gasteiger partial charge is 0.302 e. The van der Waals surface area contributed by atoms with Crippen molar-refractivity contribution in [2.45, 2.75) is 6.04 Å². The molecule has 2 aromatic carbocycles. The van der Waals surface area contributed by atoms with Crippen LogP contribution >= 0.6 is 0 Å². The Balaban J connectivity index is 1.94. The predicted molar refractivity (Wildman–Crippen MR) is 89.7 cm³/mol. The highest BCUT2D eigenvalue weighted by Crippen LogP contribution is 2.31. The lowest BCUT2D eigenvalue weighted by molar-refractivity contribution is -0.108. The Hall–Kier alpha value is -2.89. The summed E-state index contributed by atoms with van der Waals surface area (Å²) >= 11 is 0. The van der Waals surface area contributed by atoms with Crippen molar-refractivity contribution in [3.63, 3.8) is 0 Å². The van der Waals surface area contributed by atoms with Gasteiger partial charge in [0.2, 0.25) is 0 Å². The molecule has 1 atom stereocenters. The average molecular weight is 360 g/mol. The third-order valence-corrected chi connectivity index (χ3v) is 5.08. The molecule has 0 saturated carbocycles. The van der Waals surface area contributed by atoms with Gasteiger partial charge >= 0.3 is 10.2 Å². The molecule has 1 unspecified atom stereocenters. The topological polar surface area (TPSA) is 86.7 Å². The van der Waals surface area contributed by atoms with Crippen LogP contribution in [0.3, 0.4) is 0 Å². The van der Waals surface area contributed by atoms with Gasteiger partial charge in [0.25, 0.3) is 0 Å². The quantitative estimate of drug-likeness (QED) is 0.621. The lowest BCUT2D eigenvalue weighted by Crippen LogP contribution is -2.30. The lowest BCUT2D eigenvalue weighted by Gasteiger charge is -2.17. The van der Waals surface area contributed by atoms with Crippen molar-refractivity contribution in [3.8, 4) is 17.6 Å². The maximum Gasteiger partial charge on any atom is 0.302 e. The first-order valence-corrected chi connectivity index (χ1v) is 8.69. The summed E-state index contributed by atoms with van der Waals surface area (Å²) in [7, 11) is -3.91. The first-order chi connectivity index (χ1) is 11.9. The van der Waals surface area contributed by atoms with Crippen molar-refractivity contribution in [1.82, 2.24) is 4.72 Å². The van der Waals surface area contributed by atoms with Crippen LogP contribution in [0.4, 0.5) is 10.1 Å². The van der Waals surface area contributed by atoms with Gasteiger partial charge in [-0.15, -0.1) is 0 Å². The van der Waals surface area contributed by atoms with Crippen LogP contribution in [0.5, 0.6) is 5.75 Å². The fraction of sp³-hybridized carbons (Fsp3) is 0.118. The Bertz CT molecular complexity index is 978. The summed E-state index contributed by atoms with van der Waals surface area (Å²) in [6.45, 7) is -0.117. The number of rotatable bonds is 2. The highest BCUT2D eigenvalue weighted by molar-refractivity contribution is 7.91. The van der Waals surface area contributed by atoms with Gasteiger partial charge < -0.3 is 9.90 Å². The Kier molecular flexibility index (Phi) is 4.44. The van der Waals surface area contributed by atoms with Gasteiger partial charge in [-0.2, -0.15) is 13.1 Å². The Morgan fingerprint density at radius 1 is 1.16 bits per heavy atom. The van der Waals surface area contributed by atoms with Crippen LogP contribution in [-0.2, 0) is 15.0 Å². The number of hydrogen-bond donors (Lipinski definition) is 2. The molecule has 0 spiro atoms. The zero-order valence-corrected chi connectivity index (χ0v) is 13.6. The van der Waals surface area contributed by atoms with Crippen LogP contribution in [0, 0.1) is 17.7 Å². The molecule has 0 radical (unpaired) electrons. The zero-order valence-electron chi connectivity index (χ0n) is 12.8. The maximum atomic E-state index is 12.9. The lowest BCUT2D eigenvalue weighted by atomic mass is 10.1. The Morgan fingerprint density at radius 2 is 1.80 bits per heavy atom. The van der Waals surface area contributed by atoms with Gasteiger partial charge in [-0.3, -0.25) is 4.31 Å². The molecular weight excluding hydrogens is 347 g/mol. The van der Waals surface area contributed by atoms with Gasteiger partial charge in [0.15, 0.2) is 0 Å². The molecule has 1 fully saturated rings. The molecule has 128 valence electrons. The number of phenols is 1. The van der Waals surface area contributed by atoms with Crippen LogP contribution < -0.4 is 9.03 Å². The molecule has 1 aliphatic heterocycles. The highest BCUT2D eigenvalue weighted by atomic mass is 32.2. The summed E-state index contributed by atoms with van der Waals surface area (Å²) in [6.07, 6.45) is 0.493. The molecule has 1 aliphatic rings. The van der Waals surface area contributed by atoms with Crippen LogP contribution in [0.1, 0.15) is 11.1 Å². The molecule has 6 nitrogen and oxygen atoms in total. The summed E-state index contributed by atoms with van der Waals surface area (Å²) in [4.78, 5) is 10.8. The standard InChI is InChI=1S/C17H13FN2O4S/c18-14-6-3-12(4-7-14)1-2-13-5-8-17(22)16(9-13)20-10-15(11-21)19-25(20,23)24/h3-9,11,15,19,22H,10H2. The van der Waals surface area contributed by atoms with Crippen molar-refractivity contribution in [1.29, 1.82) is 0 Å². The van der Waals surface area contributed by atoms with E-state index in [1.54, 1.807) is 0 Å². The number of benzene rings is 2. The Labute approximate surface area is 144 Å². The van der Waals surface area contributed by atoms with E-state index in [-0.39, 0.29) is 23.8 Å². The number of carbonyl (C=O) groups excluding carboxylic acids is 1. The second-order valence-corrected chi connectivity index (χ2v) is 6.98. The number of halogens is 1. The number of nitrogens with one attached hydrogen (secondary N) is 1. The highest BCUT2D eigenvalue weighted by Gasteiger charge is 2.36. The number of aldehydes is 1. The van der Waals surface area contributed by atoms with E-state index >= 15 is 0 Å². The molecule has 25 heavy (non-hydrogen) atoms. The van der Waals surface area contributed by atoms with Gasteiger partial charge in [-0.25, -0.2) is 4.39 Å². The second-order valence-electron chi connectivity index (χ2n) is 5.36. The van der Waals surface area contributed by atoms with Crippen molar-refractivity contribution in [3.05, 3.63) is 59.4 Å². The van der Waals surface area contributed by atoms with E-state index < -0.39 is 16.3 Å². The molecule has 3 rings (SSSR count). The van der Waals surface area contributed by atoms with Crippen LogP contribution in [-0.4, -0.2) is 32.4 Å². The largest absolute Gasteiger partial charge is 0.506 e. The molecule has 1 saturated heterocycles. The van der Waals surface area contributed by atoms with E-state index in [1.807, 2.05) is 0 Å². The molecular formula is C17H13FN2O4S. The van der Waals surface area contributed by atoms with E-state index in [1.165, 1.54) is 42.5 Å². The minimum Gasteiger partial charge on any atom is -0.506 e.